The third-order valence-corrected chi connectivity index (χ3v) is 6.68. The van der Waals surface area contributed by atoms with Gasteiger partial charge in [-0.2, -0.15) is 4.98 Å². The van der Waals surface area contributed by atoms with Crippen LogP contribution in [-0.2, 0) is 0 Å². The van der Waals surface area contributed by atoms with Crippen LogP contribution in [0.2, 0.25) is 5.02 Å². The number of aryl methyl sites for hydroxylation is 3. The fraction of sp³-hybridized carbons (Fsp3) is 0.462. The van der Waals surface area contributed by atoms with Gasteiger partial charge in [0.25, 0.3) is 0 Å². The summed E-state index contributed by atoms with van der Waals surface area (Å²) in [6.45, 7) is 8.63. The Morgan fingerprint density at radius 1 is 1.18 bits per heavy atom. The molecule has 5 nitrogen and oxygen atoms in total. The van der Waals surface area contributed by atoms with Gasteiger partial charge in [0, 0.05) is 12.6 Å². The SMILES string of the molecule is CCCN(c1nc(C)n(-c2cc(C)c(OC)cc2Cl)n1)C(CC1CC1)c1ccc(C)c(F)c1. The van der Waals surface area contributed by atoms with Crippen LogP contribution in [0.5, 0.6) is 5.75 Å². The summed E-state index contributed by atoms with van der Waals surface area (Å²) in [4.78, 5) is 7.06. The summed E-state index contributed by atoms with van der Waals surface area (Å²) in [5.74, 6) is 2.63. The molecule has 0 radical (unpaired) electrons. The van der Waals surface area contributed by atoms with Crippen molar-refractivity contribution in [2.75, 3.05) is 18.6 Å². The third-order valence-electron chi connectivity index (χ3n) is 6.38. The monoisotopic (exact) mass is 470 g/mol. The van der Waals surface area contributed by atoms with E-state index in [0.29, 0.717) is 22.5 Å². The Kier molecular flexibility index (Phi) is 6.94. The summed E-state index contributed by atoms with van der Waals surface area (Å²) in [5, 5.41) is 5.43. The van der Waals surface area contributed by atoms with Crippen molar-refractivity contribution < 1.29 is 9.13 Å². The van der Waals surface area contributed by atoms with Crippen molar-refractivity contribution in [3.8, 4) is 11.4 Å². The van der Waals surface area contributed by atoms with Gasteiger partial charge < -0.3 is 9.64 Å². The Balaban J connectivity index is 1.75. The van der Waals surface area contributed by atoms with Gasteiger partial charge in [0.05, 0.1) is 23.9 Å². The Bertz CT molecular complexity index is 1140. The number of nitrogens with zero attached hydrogens (tertiary/aromatic N) is 4. The van der Waals surface area contributed by atoms with Crippen molar-refractivity contribution in [3.05, 3.63) is 63.7 Å². The molecule has 2 aromatic carbocycles. The standard InChI is InChI=1S/C26H32ClFN4O/c1-6-11-31(23(13-19-8-9-19)20-10-7-16(2)22(28)14-20)26-29-18(4)32(30-26)24-12-17(3)25(33-5)15-21(24)27/h7,10,12,14-15,19,23H,6,8-9,11,13H2,1-5H3. The first-order valence-electron chi connectivity index (χ1n) is 11.6. The summed E-state index contributed by atoms with van der Waals surface area (Å²) in [5.41, 5.74) is 3.38. The zero-order chi connectivity index (χ0) is 23.7. The predicted octanol–water partition coefficient (Wildman–Crippen LogP) is 6.75. The van der Waals surface area contributed by atoms with Crippen LogP contribution in [0.3, 0.4) is 0 Å². The highest BCUT2D eigenvalue weighted by Gasteiger charge is 2.32. The molecule has 1 atom stereocenters. The Labute approximate surface area is 200 Å². The second-order valence-corrected chi connectivity index (χ2v) is 9.45. The van der Waals surface area contributed by atoms with E-state index < -0.39 is 0 Å². The molecular formula is C26H32ClFN4O. The van der Waals surface area contributed by atoms with Gasteiger partial charge in [-0.15, -0.1) is 5.10 Å². The van der Waals surface area contributed by atoms with Crippen molar-refractivity contribution in [1.82, 2.24) is 14.8 Å². The molecule has 0 aliphatic heterocycles. The maximum atomic E-state index is 14.5. The minimum atomic E-state index is -0.167. The van der Waals surface area contributed by atoms with Crippen molar-refractivity contribution in [3.63, 3.8) is 0 Å². The molecule has 4 rings (SSSR count). The first kappa shape index (κ1) is 23.6. The lowest BCUT2D eigenvalue weighted by atomic mass is 9.98. The molecule has 7 heteroatoms. The van der Waals surface area contributed by atoms with Gasteiger partial charge in [-0.05, 0) is 68.4 Å². The van der Waals surface area contributed by atoms with Crippen molar-refractivity contribution in [2.45, 2.75) is 59.4 Å². The maximum absolute atomic E-state index is 14.5. The smallest absolute Gasteiger partial charge is 0.245 e. The minimum Gasteiger partial charge on any atom is -0.496 e. The quantitative estimate of drug-likeness (QED) is 0.347. The van der Waals surface area contributed by atoms with E-state index in [1.54, 1.807) is 24.8 Å². The molecule has 1 saturated carbocycles. The lowest BCUT2D eigenvalue weighted by Crippen LogP contribution is -2.31. The summed E-state index contributed by atoms with van der Waals surface area (Å²) in [7, 11) is 1.63. The highest BCUT2D eigenvalue weighted by Crippen LogP contribution is 2.41. The van der Waals surface area contributed by atoms with Crippen molar-refractivity contribution >= 4 is 17.5 Å². The molecule has 1 unspecified atom stereocenters. The van der Waals surface area contributed by atoms with Crippen molar-refractivity contribution in [2.24, 2.45) is 5.92 Å². The molecule has 1 fully saturated rings. The Morgan fingerprint density at radius 2 is 1.94 bits per heavy atom. The first-order valence-corrected chi connectivity index (χ1v) is 12.0. The number of ether oxygens (including phenoxy) is 1. The zero-order valence-corrected chi connectivity index (χ0v) is 20.8. The number of anilines is 1. The van der Waals surface area contributed by atoms with Crippen LogP contribution in [0.25, 0.3) is 5.69 Å². The average molecular weight is 471 g/mol. The van der Waals surface area contributed by atoms with E-state index in [2.05, 4.69) is 11.8 Å². The molecule has 1 aromatic heterocycles. The normalized spacial score (nSPS) is 14.4. The fourth-order valence-electron chi connectivity index (χ4n) is 4.32. The van der Waals surface area contributed by atoms with Crippen LogP contribution < -0.4 is 9.64 Å². The van der Waals surface area contributed by atoms with E-state index in [4.69, 9.17) is 26.4 Å². The summed E-state index contributed by atoms with van der Waals surface area (Å²) >= 11 is 6.58. The molecule has 0 saturated heterocycles. The van der Waals surface area contributed by atoms with E-state index in [9.17, 15) is 4.39 Å². The van der Waals surface area contributed by atoms with Crippen LogP contribution >= 0.6 is 11.6 Å². The first-order chi connectivity index (χ1) is 15.8. The third kappa shape index (κ3) is 5.01. The number of rotatable bonds is 9. The Hall–Kier alpha value is -2.60. The molecule has 1 aliphatic rings. The fourth-order valence-corrected chi connectivity index (χ4v) is 4.56. The number of methoxy groups -OCH3 is 1. The van der Waals surface area contributed by atoms with Gasteiger partial charge in [-0.1, -0.05) is 43.5 Å². The second kappa shape index (κ2) is 9.72. The van der Waals surface area contributed by atoms with E-state index >= 15 is 0 Å². The highest BCUT2D eigenvalue weighted by molar-refractivity contribution is 6.32. The number of benzene rings is 2. The van der Waals surface area contributed by atoms with E-state index in [0.717, 1.165) is 47.8 Å². The van der Waals surface area contributed by atoms with Crippen molar-refractivity contribution in [1.29, 1.82) is 0 Å². The highest BCUT2D eigenvalue weighted by atomic mass is 35.5. The Morgan fingerprint density at radius 3 is 2.58 bits per heavy atom. The zero-order valence-electron chi connectivity index (χ0n) is 20.0. The second-order valence-electron chi connectivity index (χ2n) is 9.04. The molecule has 0 N–H and O–H groups in total. The van der Waals surface area contributed by atoms with E-state index in [1.165, 1.54) is 12.8 Å². The predicted molar refractivity (Wildman–Crippen MR) is 131 cm³/mol. The van der Waals surface area contributed by atoms with Crippen LogP contribution in [-0.4, -0.2) is 28.4 Å². The number of hydrogen-bond donors (Lipinski definition) is 0. The molecule has 0 spiro atoms. The van der Waals surface area contributed by atoms with Gasteiger partial charge in [0.2, 0.25) is 5.95 Å². The molecule has 176 valence electrons. The van der Waals surface area contributed by atoms with Gasteiger partial charge in [0.1, 0.15) is 17.4 Å². The number of hydrogen-bond acceptors (Lipinski definition) is 4. The number of aromatic nitrogens is 3. The van der Waals surface area contributed by atoms with Crippen LogP contribution in [0.1, 0.15) is 61.2 Å². The lowest BCUT2D eigenvalue weighted by Gasteiger charge is -2.31. The van der Waals surface area contributed by atoms with Gasteiger partial charge in [-0.25, -0.2) is 9.07 Å². The molecule has 3 aromatic rings. The van der Waals surface area contributed by atoms with Gasteiger partial charge >= 0.3 is 0 Å². The lowest BCUT2D eigenvalue weighted by molar-refractivity contribution is 0.411. The van der Waals surface area contributed by atoms with E-state index in [1.807, 2.05) is 38.1 Å². The van der Waals surface area contributed by atoms with Gasteiger partial charge in [-0.3, -0.25) is 0 Å². The van der Waals surface area contributed by atoms with Crippen LogP contribution in [0, 0.1) is 32.5 Å². The minimum absolute atomic E-state index is 0.0240. The maximum Gasteiger partial charge on any atom is 0.245 e. The number of halogens is 2. The van der Waals surface area contributed by atoms with E-state index in [-0.39, 0.29) is 11.9 Å². The topological polar surface area (TPSA) is 43.2 Å². The van der Waals surface area contributed by atoms with Crippen LogP contribution in [0.4, 0.5) is 10.3 Å². The summed E-state index contributed by atoms with van der Waals surface area (Å²) < 4.78 is 21.7. The van der Waals surface area contributed by atoms with Crippen LogP contribution in [0.15, 0.2) is 30.3 Å². The van der Waals surface area contributed by atoms with Gasteiger partial charge in [0.15, 0.2) is 0 Å². The summed E-state index contributed by atoms with van der Waals surface area (Å²) in [6, 6.07) is 9.39. The molecule has 0 amide bonds. The molecular weight excluding hydrogens is 439 g/mol. The molecule has 1 aliphatic carbocycles. The molecule has 33 heavy (non-hydrogen) atoms. The molecule has 1 heterocycles. The average Bonchev–Trinajstić information content (AvgIpc) is 3.53. The molecule has 0 bridgehead atoms. The largest absolute Gasteiger partial charge is 0.496 e. The summed E-state index contributed by atoms with van der Waals surface area (Å²) in [6.07, 6.45) is 4.36.